The molecule has 0 aromatic heterocycles. The summed E-state index contributed by atoms with van der Waals surface area (Å²) in [5, 5.41) is 13.0. The highest BCUT2D eigenvalue weighted by Gasteiger charge is 2.17. The third-order valence-corrected chi connectivity index (χ3v) is 5.43. The van der Waals surface area contributed by atoms with Crippen molar-refractivity contribution in [1.29, 1.82) is 0 Å². The van der Waals surface area contributed by atoms with Gasteiger partial charge in [0.15, 0.2) is 0 Å². The van der Waals surface area contributed by atoms with Crippen molar-refractivity contribution in [2.75, 3.05) is 19.4 Å². The summed E-state index contributed by atoms with van der Waals surface area (Å²) in [6.07, 6.45) is 4.14. The fourth-order valence-corrected chi connectivity index (χ4v) is 3.61. The Labute approximate surface area is 157 Å². The molecule has 0 fully saturated rings. The number of fused-ring (bicyclic) bond motifs is 1. The summed E-state index contributed by atoms with van der Waals surface area (Å²) in [5.74, 6) is -0.312. The molecule has 2 aromatic rings. The maximum absolute atomic E-state index is 12.5. The van der Waals surface area contributed by atoms with Gasteiger partial charge in [0.25, 0.3) is 11.1 Å². The fraction of sp³-hybridized carbons (Fsp3) is 0.300. The van der Waals surface area contributed by atoms with Gasteiger partial charge in [-0.15, -0.1) is 0 Å². The molecule has 2 amide bonds. The smallest absolute Gasteiger partial charge is 0.285 e. The molecule has 0 saturated carbocycles. The molecule has 136 valence electrons. The first kappa shape index (κ1) is 18.3. The molecule has 0 unspecified atom stereocenters. The Morgan fingerprint density at radius 1 is 1.04 bits per heavy atom. The van der Waals surface area contributed by atoms with E-state index in [1.807, 2.05) is 0 Å². The van der Waals surface area contributed by atoms with Crippen molar-refractivity contribution in [2.24, 2.45) is 0 Å². The Kier molecular flexibility index (Phi) is 5.52. The van der Waals surface area contributed by atoms with E-state index in [1.165, 1.54) is 4.90 Å². The fourth-order valence-electron chi connectivity index (χ4n) is 2.95. The highest BCUT2D eigenvalue weighted by Crippen LogP contribution is 2.29. The number of thioether (sulfide) groups is 1. The number of carbonyl (C=O) groups excluding carboxylic acids is 2. The lowest BCUT2D eigenvalue weighted by molar-refractivity contribution is 0.102. The maximum Gasteiger partial charge on any atom is 0.285 e. The maximum atomic E-state index is 12.5. The largest absolute Gasteiger partial charge is 0.507 e. The van der Waals surface area contributed by atoms with Crippen LogP contribution >= 0.6 is 11.8 Å². The molecule has 1 aliphatic rings. The van der Waals surface area contributed by atoms with Crippen LogP contribution in [0.2, 0.25) is 0 Å². The van der Waals surface area contributed by atoms with Crippen molar-refractivity contribution >= 4 is 28.6 Å². The molecule has 0 spiro atoms. The predicted octanol–water partition coefficient (Wildman–Crippen LogP) is 4.30. The van der Waals surface area contributed by atoms with Crippen LogP contribution < -0.4 is 5.32 Å². The number of phenols is 1. The zero-order chi connectivity index (χ0) is 18.7. The lowest BCUT2D eigenvalue weighted by Gasteiger charge is -2.17. The number of carbonyl (C=O) groups is 2. The number of nitrogens with zero attached hydrogens (tertiary/aromatic N) is 1. The van der Waals surface area contributed by atoms with Crippen LogP contribution in [0.15, 0.2) is 41.3 Å². The predicted molar refractivity (Wildman–Crippen MR) is 104 cm³/mol. The second kappa shape index (κ2) is 7.83. The van der Waals surface area contributed by atoms with Crippen LogP contribution in [0.3, 0.4) is 0 Å². The van der Waals surface area contributed by atoms with Crippen LogP contribution in [0.1, 0.15) is 34.3 Å². The van der Waals surface area contributed by atoms with Gasteiger partial charge < -0.3 is 15.3 Å². The minimum Gasteiger partial charge on any atom is -0.507 e. The van der Waals surface area contributed by atoms with Crippen molar-refractivity contribution in [3.8, 4) is 5.75 Å². The summed E-state index contributed by atoms with van der Waals surface area (Å²) < 4.78 is 0. The molecule has 0 aliphatic heterocycles. The van der Waals surface area contributed by atoms with Crippen molar-refractivity contribution in [3.05, 3.63) is 53.1 Å². The molecule has 0 atom stereocenters. The van der Waals surface area contributed by atoms with E-state index < -0.39 is 0 Å². The number of aryl methyl sites for hydroxylation is 2. The van der Waals surface area contributed by atoms with E-state index in [4.69, 9.17) is 0 Å². The van der Waals surface area contributed by atoms with Crippen LogP contribution in [0.5, 0.6) is 5.75 Å². The van der Waals surface area contributed by atoms with E-state index in [9.17, 15) is 14.7 Å². The second-order valence-electron chi connectivity index (χ2n) is 6.59. The Bertz CT molecular complexity index is 832. The number of anilines is 1. The Balaban J connectivity index is 1.71. The zero-order valence-electron chi connectivity index (χ0n) is 14.9. The minimum absolute atomic E-state index is 0.0203. The number of amides is 2. The Hall–Kier alpha value is -2.47. The third-order valence-electron chi connectivity index (χ3n) is 4.39. The first-order valence-corrected chi connectivity index (χ1v) is 9.41. The zero-order valence-corrected chi connectivity index (χ0v) is 15.7. The molecule has 0 saturated heterocycles. The van der Waals surface area contributed by atoms with Gasteiger partial charge >= 0.3 is 0 Å². The van der Waals surface area contributed by atoms with E-state index in [2.05, 4.69) is 5.32 Å². The van der Waals surface area contributed by atoms with Crippen LogP contribution in [0.25, 0.3) is 0 Å². The molecule has 5 nitrogen and oxygen atoms in total. The summed E-state index contributed by atoms with van der Waals surface area (Å²) in [7, 11) is 3.41. The van der Waals surface area contributed by atoms with Crippen LogP contribution in [-0.2, 0) is 12.8 Å². The Morgan fingerprint density at radius 2 is 1.65 bits per heavy atom. The summed E-state index contributed by atoms with van der Waals surface area (Å²) in [4.78, 5) is 26.6. The molecule has 1 aliphatic carbocycles. The van der Waals surface area contributed by atoms with Crippen LogP contribution in [0.4, 0.5) is 10.5 Å². The van der Waals surface area contributed by atoms with E-state index in [-0.39, 0.29) is 16.9 Å². The summed E-state index contributed by atoms with van der Waals surface area (Å²) in [5.41, 5.74) is 3.20. The number of hydrogen-bond donors (Lipinski definition) is 2. The molecule has 0 radical (unpaired) electrons. The third kappa shape index (κ3) is 4.19. The average Bonchev–Trinajstić information content (AvgIpc) is 2.62. The molecule has 2 aromatic carbocycles. The molecular formula is C20H22N2O3S. The van der Waals surface area contributed by atoms with Gasteiger partial charge in [-0.05, 0) is 85.0 Å². The first-order valence-electron chi connectivity index (χ1n) is 8.59. The van der Waals surface area contributed by atoms with Gasteiger partial charge in [0.1, 0.15) is 5.75 Å². The van der Waals surface area contributed by atoms with Crippen molar-refractivity contribution < 1.29 is 14.7 Å². The first-order chi connectivity index (χ1) is 12.4. The van der Waals surface area contributed by atoms with Crippen molar-refractivity contribution in [1.82, 2.24) is 4.90 Å². The van der Waals surface area contributed by atoms with Gasteiger partial charge in [-0.1, -0.05) is 0 Å². The van der Waals surface area contributed by atoms with Crippen molar-refractivity contribution in [2.45, 2.75) is 30.6 Å². The minimum atomic E-state index is -0.333. The summed E-state index contributed by atoms with van der Waals surface area (Å²) in [6.45, 7) is 0. The highest BCUT2D eigenvalue weighted by molar-refractivity contribution is 8.13. The van der Waals surface area contributed by atoms with Gasteiger partial charge in [0.05, 0.1) is 5.56 Å². The molecule has 6 heteroatoms. The normalized spacial score (nSPS) is 13.0. The molecule has 0 bridgehead atoms. The molecule has 26 heavy (non-hydrogen) atoms. The number of phenolic OH excluding ortho intramolecular Hbond substituents is 1. The lowest BCUT2D eigenvalue weighted by atomic mass is 9.90. The van der Waals surface area contributed by atoms with Crippen LogP contribution in [-0.4, -0.2) is 35.2 Å². The summed E-state index contributed by atoms with van der Waals surface area (Å²) >= 11 is 1.13. The van der Waals surface area contributed by atoms with Crippen molar-refractivity contribution in [3.63, 3.8) is 0 Å². The molecule has 3 rings (SSSR count). The van der Waals surface area contributed by atoms with Gasteiger partial charge in [-0.2, -0.15) is 0 Å². The standard InChI is InChI=1S/C20H22N2O3S/c1-22(2)20(25)26-16-9-7-15(8-10-16)21-19(24)17-11-13-5-3-4-6-14(13)12-18(17)23/h7-12,23H,3-6H2,1-2H3,(H,21,24). The molecule has 2 N–H and O–H groups in total. The SMILES string of the molecule is CN(C)C(=O)Sc1ccc(NC(=O)c2cc3c(cc2O)CCCC3)cc1. The quantitative estimate of drug-likeness (QED) is 0.791. The number of hydrogen-bond acceptors (Lipinski definition) is 4. The Morgan fingerprint density at radius 3 is 2.27 bits per heavy atom. The monoisotopic (exact) mass is 370 g/mol. The highest BCUT2D eigenvalue weighted by atomic mass is 32.2. The number of benzene rings is 2. The molecular weight excluding hydrogens is 348 g/mol. The van der Waals surface area contributed by atoms with E-state index in [1.54, 1.807) is 50.5 Å². The van der Waals surface area contributed by atoms with E-state index >= 15 is 0 Å². The number of nitrogens with one attached hydrogen (secondary N) is 1. The van der Waals surface area contributed by atoms with Crippen LogP contribution in [0, 0.1) is 0 Å². The number of rotatable bonds is 3. The van der Waals surface area contributed by atoms with E-state index in [0.717, 1.165) is 53.5 Å². The van der Waals surface area contributed by atoms with Gasteiger partial charge in [0, 0.05) is 24.7 Å². The topological polar surface area (TPSA) is 69.6 Å². The summed E-state index contributed by atoms with van der Waals surface area (Å²) in [6, 6.07) is 10.6. The average molecular weight is 370 g/mol. The van der Waals surface area contributed by atoms with E-state index in [0.29, 0.717) is 11.3 Å². The number of aromatic hydroxyl groups is 1. The lowest BCUT2D eigenvalue weighted by Crippen LogP contribution is -2.16. The van der Waals surface area contributed by atoms with Gasteiger partial charge in [-0.3, -0.25) is 9.59 Å². The second-order valence-corrected chi connectivity index (χ2v) is 7.61. The van der Waals surface area contributed by atoms with Gasteiger partial charge in [-0.25, -0.2) is 0 Å². The molecule has 0 heterocycles. The van der Waals surface area contributed by atoms with Gasteiger partial charge in [0.2, 0.25) is 0 Å².